The summed E-state index contributed by atoms with van der Waals surface area (Å²) in [4.78, 5) is 11.0. The van der Waals surface area contributed by atoms with Crippen LogP contribution in [0.25, 0.3) is 11.1 Å². The standard InChI is InChI=1S/C17H19NO2/c1-11-6-5-7-12(2)16(11)14-9-4-3-8-13(14)10-15(18)17(19)20/h3-9,15H,10,18H2,1-2H3,(H,19,20)/t15-/m0/s1. The normalized spacial score (nSPS) is 12.2. The number of aryl methyl sites for hydroxylation is 2. The molecule has 0 saturated carbocycles. The number of carboxylic acids is 1. The van der Waals surface area contributed by atoms with Gasteiger partial charge in [-0.3, -0.25) is 4.79 Å². The zero-order chi connectivity index (χ0) is 14.7. The maximum absolute atomic E-state index is 11.0. The third kappa shape index (κ3) is 2.89. The number of aliphatic carboxylic acids is 1. The number of hydrogen-bond acceptors (Lipinski definition) is 2. The molecule has 2 rings (SSSR count). The fraction of sp³-hybridized carbons (Fsp3) is 0.235. The van der Waals surface area contributed by atoms with Crippen LogP contribution in [0.3, 0.4) is 0 Å². The maximum Gasteiger partial charge on any atom is 0.320 e. The zero-order valence-electron chi connectivity index (χ0n) is 11.8. The molecule has 0 aliphatic carbocycles. The first-order valence-corrected chi connectivity index (χ1v) is 6.63. The Morgan fingerprint density at radius 2 is 1.70 bits per heavy atom. The molecule has 3 nitrogen and oxygen atoms in total. The molecule has 104 valence electrons. The highest BCUT2D eigenvalue weighted by Crippen LogP contribution is 2.30. The first kappa shape index (κ1) is 14.3. The fourth-order valence-electron chi connectivity index (χ4n) is 2.51. The van der Waals surface area contributed by atoms with Crippen molar-refractivity contribution in [2.24, 2.45) is 5.73 Å². The summed E-state index contributed by atoms with van der Waals surface area (Å²) >= 11 is 0. The largest absolute Gasteiger partial charge is 0.480 e. The Morgan fingerprint density at radius 1 is 1.10 bits per heavy atom. The van der Waals surface area contributed by atoms with Gasteiger partial charge in [0, 0.05) is 0 Å². The van der Waals surface area contributed by atoms with Gasteiger partial charge in [0.1, 0.15) is 6.04 Å². The third-order valence-corrected chi connectivity index (χ3v) is 3.52. The number of hydrogen-bond donors (Lipinski definition) is 2. The quantitative estimate of drug-likeness (QED) is 0.897. The molecule has 3 N–H and O–H groups in total. The SMILES string of the molecule is Cc1cccc(C)c1-c1ccccc1C[C@H](N)C(=O)O. The first-order chi connectivity index (χ1) is 9.50. The molecule has 2 aromatic rings. The van der Waals surface area contributed by atoms with Crippen LogP contribution in [-0.2, 0) is 11.2 Å². The summed E-state index contributed by atoms with van der Waals surface area (Å²) in [7, 11) is 0. The van der Waals surface area contributed by atoms with Crippen LogP contribution in [0.15, 0.2) is 42.5 Å². The van der Waals surface area contributed by atoms with Gasteiger partial charge in [0.05, 0.1) is 0 Å². The minimum Gasteiger partial charge on any atom is -0.480 e. The number of rotatable bonds is 4. The van der Waals surface area contributed by atoms with Gasteiger partial charge in [-0.2, -0.15) is 0 Å². The molecule has 0 amide bonds. The van der Waals surface area contributed by atoms with Crippen molar-refractivity contribution < 1.29 is 9.90 Å². The Kier molecular flexibility index (Phi) is 4.20. The summed E-state index contributed by atoms with van der Waals surface area (Å²) in [6.45, 7) is 4.13. The molecule has 20 heavy (non-hydrogen) atoms. The smallest absolute Gasteiger partial charge is 0.320 e. The van der Waals surface area contributed by atoms with E-state index in [1.165, 1.54) is 16.7 Å². The van der Waals surface area contributed by atoms with Gasteiger partial charge in [-0.15, -0.1) is 0 Å². The van der Waals surface area contributed by atoms with Gasteiger partial charge in [0.15, 0.2) is 0 Å². The summed E-state index contributed by atoms with van der Waals surface area (Å²) in [5, 5.41) is 8.99. The molecular formula is C17H19NO2. The van der Waals surface area contributed by atoms with Gasteiger partial charge in [-0.05, 0) is 48.1 Å². The Balaban J connectivity index is 2.50. The van der Waals surface area contributed by atoms with Crippen molar-refractivity contribution in [1.82, 2.24) is 0 Å². The fourth-order valence-corrected chi connectivity index (χ4v) is 2.51. The molecular weight excluding hydrogens is 250 g/mol. The maximum atomic E-state index is 11.0. The van der Waals surface area contributed by atoms with Crippen molar-refractivity contribution in [3.8, 4) is 11.1 Å². The summed E-state index contributed by atoms with van der Waals surface area (Å²) in [6.07, 6.45) is 0.333. The van der Waals surface area contributed by atoms with E-state index >= 15 is 0 Å². The van der Waals surface area contributed by atoms with Gasteiger partial charge in [-0.25, -0.2) is 0 Å². The molecule has 0 aliphatic rings. The Hall–Kier alpha value is -2.13. The van der Waals surface area contributed by atoms with E-state index in [4.69, 9.17) is 10.8 Å². The molecule has 0 fully saturated rings. The Morgan fingerprint density at radius 3 is 2.30 bits per heavy atom. The molecule has 1 atom stereocenters. The van der Waals surface area contributed by atoms with Crippen molar-refractivity contribution in [3.63, 3.8) is 0 Å². The van der Waals surface area contributed by atoms with Crippen molar-refractivity contribution in [3.05, 3.63) is 59.2 Å². The molecule has 0 aromatic heterocycles. The summed E-state index contributed by atoms with van der Waals surface area (Å²) in [5.74, 6) is -0.971. The topological polar surface area (TPSA) is 63.3 Å². The highest BCUT2D eigenvalue weighted by Gasteiger charge is 2.16. The third-order valence-electron chi connectivity index (χ3n) is 3.52. The lowest BCUT2D eigenvalue weighted by molar-refractivity contribution is -0.138. The first-order valence-electron chi connectivity index (χ1n) is 6.63. The zero-order valence-corrected chi connectivity index (χ0v) is 11.8. The van der Waals surface area contributed by atoms with E-state index in [1.54, 1.807) is 0 Å². The molecule has 0 aliphatic heterocycles. The molecule has 0 saturated heterocycles. The second kappa shape index (κ2) is 5.88. The minimum absolute atomic E-state index is 0.333. The lowest BCUT2D eigenvalue weighted by Crippen LogP contribution is -2.32. The van der Waals surface area contributed by atoms with E-state index in [2.05, 4.69) is 26.0 Å². The summed E-state index contributed by atoms with van der Waals surface area (Å²) in [6, 6.07) is 13.1. The Bertz CT molecular complexity index is 614. The number of nitrogens with two attached hydrogens (primary N) is 1. The highest BCUT2D eigenvalue weighted by atomic mass is 16.4. The van der Waals surface area contributed by atoms with Crippen molar-refractivity contribution in [2.45, 2.75) is 26.3 Å². The van der Waals surface area contributed by atoms with E-state index < -0.39 is 12.0 Å². The van der Waals surface area contributed by atoms with E-state index in [1.807, 2.05) is 30.3 Å². The van der Waals surface area contributed by atoms with Crippen LogP contribution in [0.1, 0.15) is 16.7 Å². The number of benzene rings is 2. The monoisotopic (exact) mass is 269 g/mol. The van der Waals surface area contributed by atoms with Gasteiger partial charge >= 0.3 is 5.97 Å². The molecule has 0 spiro atoms. The van der Waals surface area contributed by atoms with Crippen LogP contribution >= 0.6 is 0 Å². The summed E-state index contributed by atoms with van der Waals surface area (Å²) < 4.78 is 0. The summed E-state index contributed by atoms with van der Waals surface area (Å²) in [5.41, 5.74) is 11.2. The molecule has 0 bridgehead atoms. The van der Waals surface area contributed by atoms with Crippen LogP contribution in [0.2, 0.25) is 0 Å². The molecule has 0 radical (unpaired) electrons. The van der Waals surface area contributed by atoms with Crippen molar-refractivity contribution in [1.29, 1.82) is 0 Å². The van der Waals surface area contributed by atoms with Crippen molar-refractivity contribution in [2.75, 3.05) is 0 Å². The van der Waals surface area contributed by atoms with Gasteiger partial charge in [0.2, 0.25) is 0 Å². The lowest BCUT2D eigenvalue weighted by atomic mass is 9.90. The van der Waals surface area contributed by atoms with Gasteiger partial charge in [0.25, 0.3) is 0 Å². The molecule has 0 unspecified atom stereocenters. The van der Waals surface area contributed by atoms with Crippen LogP contribution in [0.4, 0.5) is 0 Å². The van der Waals surface area contributed by atoms with Crippen molar-refractivity contribution >= 4 is 5.97 Å². The molecule has 3 heteroatoms. The van der Waals surface area contributed by atoms with Crippen LogP contribution < -0.4 is 5.73 Å². The molecule has 2 aromatic carbocycles. The predicted octanol–water partition coefficient (Wildman–Crippen LogP) is 2.92. The van der Waals surface area contributed by atoms with Gasteiger partial charge < -0.3 is 10.8 Å². The highest BCUT2D eigenvalue weighted by molar-refractivity contribution is 5.77. The van der Waals surface area contributed by atoms with Crippen LogP contribution in [0, 0.1) is 13.8 Å². The van der Waals surface area contributed by atoms with E-state index in [-0.39, 0.29) is 0 Å². The van der Waals surface area contributed by atoms with Gasteiger partial charge in [-0.1, -0.05) is 42.5 Å². The minimum atomic E-state index is -0.971. The second-order valence-corrected chi connectivity index (χ2v) is 5.07. The molecule has 0 heterocycles. The Labute approximate surface area is 119 Å². The van der Waals surface area contributed by atoms with E-state index in [0.29, 0.717) is 6.42 Å². The average molecular weight is 269 g/mol. The van der Waals surface area contributed by atoms with E-state index in [9.17, 15) is 4.79 Å². The van der Waals surface area contributed by atoms with Crippen LogP contribution in [0.5, 0.6) is 0 Å². The van der Waals surface area contributed by atoms with Crippen LogP contribution in [-0.4, -0.2) is 17.1 Å². The second-order valence-electron chi connectivity index (χ2n) is 5.07. The predicted molar refractivity (Wildman–Crippen MR) is 80.7 cm³/mol. The average Bonchev–Trinajstić information content (AvgIpc) is 2.40. The number of carbonyl (C=O) groups is 1. The van der Waals surface area contributed by atoms with E-state index in [0.717, 1.165) is 11.1 Å². The number of carboxylic acid groups (broad SMARTS) is 1. The lowest BCUT2D eigenvalue weighted by Gasteiger charge is -2.16.